The summed E-state index contributed by atoms with van der Waals surface area (Å²) in [5.74, 6) is -0.111. The van der Waals surface area contributed by atoms with Crippen molar-refractivity contribution >= 4 is 23.5 Å². The van der Waals surface area contributed by atoms with Gasteiger partial charge >= 0.3 is 5.97 Å². The number of nitrogens with one attached hydrogen (secondary N) is 2. The summed E-state index contributed by atoms with van der Waals surface area (Å²) >= 11 is 0. The lowest BCUT2D eigenvalue weighted by Gasteiger charge is -2.35. The van der Waals surface area contributed by atoms with Crippen molar-refractivity contribution in [2.75, 3.05) is 5.32 Å². The Balaban J connectivity index is 1.93. The van der Waals surface area contributed by atoms with Gasteiger partial charge in [-0.1, -0.05) is 32.8 Å². The maximum atomic E-state index is 12.4. The van der Waals surface area contributed by atoms with Gasteiger partial charge in [-0.15, -0.1) is 0 Å². The lowest BCUT2D eigenvalue weighted by Crippen LogP contribution is -2.47. The average Bonchev–Trinajstić information content (AvgIpc) is 2.58. The van der Waals surface area contributed by atoms with Gasteiger partial charge in [0.1, 0.15) is 0 Å². The number of anilines is 1. The van der Waals surface area contributed by atoms with Gasteiger partial charge in [-0.25, -0.2) is 4.79 Å². The normalized spacial score (nSPS) is 23.6. The van der Waals surface area contributed by atoms with Crippen LogP contribution in [0.2, 0.25) is 0 Å². The van der Waals surface area contributed by atoms with Crippen molar-refractivity contribution in [1.82, 2.24) is 5.32 Å². The second kappa shape index (κ2) is 8.83. The van der Waals surface area contributed by atoms with E-state index < -0.39 is 12.1 Å². The molecule has 0 spiro atoms. The number of rotatable bonds is 5. The molecule has 6 nitrogen and oxygen atoms in total. The Hall–Kier alpha value is -2.37. The zero-order chi connectivity index (χ0) is 19.3. The van der Waals surface area contributed by atoms with Gasteiger partial charge in [0.05, 0.1) is 5.56 Å². The van der Waals surface area contributed by atoms with Gasteiger partial charge in [-0.3, -0.25) is 9.59 Å². The van der Waals surface area contributed by atoms with Crippen LogP contribution in [0.15, 0.2) is 24.3 Å². The summed E-state index contributed by atoms with van der Waals surface area (Å²) in [4.78, 5) is 35.8. The molecule has 26 heavy (non-hydrogen) atoms. The predicted molar refractivity (Wildman–Crippen MR) is 99.7 cm³/mol. The molecular formula is C20H28N2O4. The quantitative estimate of drug-likeness (QED) is 0.790. The molecule has 1 aliphatic carbocycles. The average molecular weight is 360 g/mol. The molecule has 2 rings (SSSR count). The predicted octanol–water partition coefficient (Wildman–Crippen LogP) is 3.13. The second-order valence-electron chi connectivity index (χ2n) is 7.19. The SMILES string of the molecule is CC(=O)Nc1cccc(C(=O)O[C@H](C)C(=O)N[C@@H]2CCC[C@@H](C)[C@@H]2C)c1. The molecule has 0 heterocycles. The highest BCUT2D eigenvalue weighted by Crippen LogP contribution is 2.29. The molecule has 1 aromatic carbocycles. The smallest absolute Gasteiger partial charge is 0.338 e. The van der Waals surface area contributed by atoms with Crippen LogP contribution in [0.4, 0.5) is 5.69 Å². The van der Waals surface area contributed by atoms with E-state index in [4.69, 9.17) is 4.74 Å². The first-order valence-corrected chi connectivity index (χ1v) is 9.17. The number of ether oxygens (including phenoxy) is 1. The lowest BCUT2D eigenvalue weighted by molar-refractivity contribution is -0.130. The molecule has 1 aromatic rings. The summed E-state index contributed by atoms with van der Waals surface area (Å²) in [6, 6.07) is 6.57. The Morgan fingerprint density at radius 3 is 2.62 bits per heavy atom. The van der Waals surface area contributed by atoms with Crippen molar-refractivity contribution in [3.05, 3.63) is 29.8 Å². The molecule has 0 saturated heterocycles. The highest BCUT2D eigenvalue weighted by molar-refractivity contribution is 5.95. The van der Waals surface area contributed by atoms with Gasteiger partial charge in [-0.05, 0) is 43.4 Å². The third-order valence-corrected chi connectivity index (χ3v) is 5.11. The Labute approximate surface area is 154 Å². The molecule has 0 bridgehead atoms. The fourth-order valence-electron chi connectivity index (χ4n) is 3.30. The van der Waals surface area contributed by atoms with Gasteiger partial charge < -0.3 is 15.4 Å². The Morgan fingerprint density at radius 2 is 1.92 bits per heavy atom. The van der Waals surface area contributed by atoms with Crippen molar-refractivity contribution in [2.45, 2.75) is 59.1 Å². The van der Waals surface area contributed by atoms with Gasteiger partial charge in [0.2, 0.25) is 5.91 Å². The molecule has 6 heteroatoms. The number of hydrogen-bond acceptors (Lipinski definition) is 4. The number of amides is 2. The molecule has 2 N–H and O–H groups in total. The molecule has 0 aromatic heterocycles. The molecule has 1 fully saturated rings. The Bertz CT molecular complexity index is 674. The molecule has 1 saturated carbocycles. The minimum Gasteiger partial charge on any atom is -0.449 e. The first kappa shape index (κ1) is 19.9. The maximum Gasteiger partial charge on any atom is 0.338 e. The molecular weight excluding hydrogens is 332 g/mol. The van der Waals surface area contributed by atoms with Gasteiger partial charge in [0.15, 0.2) is 6.10 Å². The number of carbonyl (C=O) groups excluding carboxylic acids is 3. The summed E-state index contributed by atoms with van der Waals surface area (Å²) in [6.07, 6.45) is 2.36. The van der Waals surface area contributed by atoms with Crippen LogP contribution in [-0.2, 0) is 14.3 Å². The van der Waals surface area contributed by atoms with Crippen LogP contribution in [0.25, 0.3) is 0 Å². The highest BCUT2D eigenvalue weighted by Gasteiger charge is 2.30. The highest BCUT2D eigenvalue weighted by atomic mass is 16.5. The topological polar surface area (TPSA) is 84.5 Å². The fourth-order valence-corrected chi connectivity index (χ4v) is 3.30. The minimum absolute atomic E-state index is 0.121. The standard InChI is InChI=1S/C20H28N2O4/c1-12-7-5-10-18(13(12)2)22-19(24)14(3)26-20(25)16-8-6-9-17(11-16)21-15(4)23/h6,8-9,11-14,18H,5,7,10H2,1-4H3,(H,21,23)(H,22,24)/t12-,13+,14-,18-/m1/s1. The number of esters is 1. The Kier molecular flexibility index (Phi) is 6.77. The summed E-state index contributed by atoms with van der Waals surface area (Å²) < 4.78 is 5.30. The van der Waals surface area contributed by atoms with E-state index in [9.17, 15) is 14.4 Å². The van der Waals surface area contributed by atoms with Gasteiger partial charge in [0, 0.05) is 18.7 Å². The summed E-state index contributed by atoms with van der Waals surface area (Å²) in [5.41, 5.74) is 0.796. The summed E-state index contributed by atoms with van der Waals surface area (Å²) in [5, 5.41) is 5.63. The van der Waals surface area contributed by atoms with E-state index in [1.54, 1.807) is 25.1 Å². The molecule has 0 aliphatic heterocycles. The van der Waals surface area contributed by atoms with Crippen LogP contribution in [0, 0.1) is 11.8 Å². The largest absolute Gasteiger partial charge is 0.449 e. The number of benzene rings is 1. The van der Waals surface area contributed by atoms with Gasteiger partial charge in [-0.2, -0.15) is 0 Å². The van der Waals surface area contributed by atoms with Crippen LogP contribution in [0.1, 0.15) is 57.3 Å². The van der Waals surface area contributed by atoms with Gasteiger partial charge in [0.25, 0.3) is 5.91 Å². The van der Waals surface area contributed by atoms with Crippen LogP contribution in [0.5, 0.6) is 0 Å². The van der Waals surface area contributed by atoms with Crippen molar-refractivity contribution in [3.8, 4) is 0 Å². The number of hydrogen-bond donors (Lipinski definition) is 2. The van der Waals surface area contributed by atoms with Crippen LogP contribution in [0.3, 0.4) is 0 Å². The first-order valence-electron chi connectivity index (χ1n) is 9.17. The molecule has 0 unspecified atom stereocenters. The molecule has 142 valence electrons. The van der Waals surface area contributed by atoms with Crippen LogP contribution < -0.4 is 10.6 Å². The van der Waals surface area contributed by atoms with Crippen molar-refractivity contribution in [1.29, 1.82) is 0 Å². The molecule has 1 aliphatic rings. The minimum atomic E-state index is -0.878. The van der Waals surface area contributed by atoms with Crippen LogP contribution in [-0.4, -0.2) is 29.9 Å². The summed E-state index contributed by atoms with van der Waals surface area (Å²) in [6.45, 7) is 7.32. The number of carbonyl (C=O) groups is 3. The van der Waals surface area contributed by atoms with E-state index in [0.717, 1.165) is 12.8 Å². The monoisotopic (exact) mass is 360 g/mol. The third kappa shape index (κ3) is 5.31. The maximum absolute atomic E-state index is 12.4. The molecule has 4 atom stereocenters. The lowest BCUT2D eigenvalue weighted by atomic mass is 9.78. The van der Waals surface area contributed by atoms with E-state index in [0.29, 0.717) is 17.5 Å². The molecule has 2 amide bonds. The summed E-state index contributed by atoms with van der Waals surface area (Å²) in [7, 11) is 0. The zero-order valence-electron chi connectivity index (χ0n) is 15.9. The fraction of sp³-hybridized carbons (Fsp3) is 0.550. The first-order chi connectivity index (χ1) is 12.3. The van der Waals surface area contributed by atoms with Crippen LogP contribution >= 0.6 is 0 Å². The van der Waals surface area contributed by atoms with E-state index in [1.165, 1.54) is 19.4 Å². The Morgan fingerprint density at radius 1 is 1.19 bits per heavy atom. The van der Waals surface area contributed by atoms with E-state index in [-0.39, 0.29) is 23.4 Å². The van der Waals surface area contributed by atoms with E-state index in [2.05, 4.69) is 24.5 Å². The van der Waals surface area contributed by atoms with E-state index in [1.807, 2.05) is 0 Å². The van der Waals surface area contributed by atoms with Crippen molar-refractivity contribution < 1.29 is 19.1 Å². The van der Waals surface area contributed by atoms with E-state index >= 15 is 0 Å². The second-order valence-corrected chi connectivity index (χ2v) is 7.19. The van der Waals surface area contributed by atoms with Crippen molar-refractivity contribution in [2.24, 2.45) is 11.8 Å². The molecule has 0 radical (unpaired) electrons. The van der Waals surface area contributed by atoms with Crippen molar-refractivity contribution in [3.63, 3.8) is 0 Å². The third-order valence-electron chi connectivity index (χ3n) is 5.11. The zero-order valence-corrected chi connectivity index (χ0v) is 15.9.